The molecule has 0 saturated carbocycles. The van der Waals surface area contributed by atoms with Crippen molar-refractivity contribution in [1.29, 1.82) is 0 Å². The summed E-state index contributed by atoms with van der Waals surface area (Å²) in [5.41, 5.74) is 4.63. The number of likely N-dealkylation sites (tertiary alicyclic amines) is 1. The minimum atomic E-state index is -0.613. The molecule has 0 amide bonds. The lowest BCUT2D eigenvalue weighted by Gasteiger charge is -2.44. The fourth-order valence-electron chi connectivity index (χ4n) is 5.68. The van der Waals surface area contributed by atoms with Crippen molar-refractivity contribution >= 4 is 10.9 Å². The molecule has 4 atom stereocenters. The normalized spacial score (nSPS) is 21.2. The van der Waals surface area contributed by atoms with E-state index in [2.05, 4.69) is 114 Å². The molecule has 0 radical (unpaired) electrons. The lowest BCUT2D eigenvalue weighted by molar-refractivity contribution is -0.662. The Labute approximate surface area is 214 Å². The summed E-state index contributed by atoms with van der Waals surface area (Å²) in [6, 6.07) is 31.6. The second-order valence-electron chi connectivity index (χ2n) is 9.86. The maximum Gasteiger partial charge on any atom is 0.213 e. The first-order chi connectivity index (χ1) is 17.7. The van der Waals surface area contributed by atoms with Crippen LogP contribution in [-0.2, 0) is 13.1 Å². The maximum absolute atomic E-state index is 11.9. The number of benzene rings is 3. The first-order valence-electron chi connectivity index (χ1n) is 12.8. The van der Waals surface area contributed by atoms with E-state index in [4.69, 9.17) is 0 Å². The van der Waals surface area contributed by atoms with Crippen LogP contribution in [0.5, 0.6) is 0 Å². The van der Waals surface area contributed by atoms with Gasteiger partial charge in [-0.2, -0.15) is 4.57 Å². The molecule has 0 bridgehead atoms. The number of aromatic nitrogens is 1. The highest BCUT2D eigenvalue weighted by molar-refractivity contribution is 5.79. The summed E-state index contributed by atoms with van der Waals surface area (Å²) in [5.74, 6) is 0.627. The van der Waals surface area contributed by atoms with Crippen LogP contribution in [0.2, 0.25) is 0 Å². The zero-order valence-electron chi connectivity index (χ0n) is 20.8. The predicted octanol–water partition coefficient (Wildman–Crippen LogP) is 6.09. The van der Waals surface area contributed by atoms with Gasteiger partial charge in [-0.05, 0) is 29.9 Å². The van der Waals surface area contributed by atoms with Crippen LogP contribution in [0.25, 0.3) is 10.9 Å². The van der Waals surface area contributed by atoms with Crippen molar-refractivity contribution < 1.29 is 9.67 Å². The van der Waals surface area contributed by atoms with Crippen molar-refractivity contribution in [2.75, 3.05) is 6.54 Å². The molecule has 0 spiro atoms. The highest BCUT2D eigenvalue weighted by Crippen LogP contribution is 2.38. The van der Waals surface area contributed by atoms with Crippen molar-refractivity contribution in [1.82, 2.24) is 4.90 Å². The van der Waals surface area contributed by atoms with Crippen LogP contribution in [0.15, 0.2) is 123 Å². The number of rotatable bonds is 8. The molecule has 1 N–H and O–H groups in total. The van der Waals surface area contributed by atoms with Gasteiger partial charge in [-0.25, -0.2) is 0 Å². The van der Waals surface area contributed by atoms with Crippen LogP contribution in [0.3, 0.4) is 0 Å². The highest BCUT2D eigenvalue weighted by atomic mass is 16.3. The number of nitrogens with zero attached hydrogens (tertiary/aromatic N) is 2. The molecule has 1 fully saturated rings. The molecule has 1 aliphatic heterocycles. The highest BCUT2D eigenvalue weighted by Gasteiger charge is 2.38. The van der Waals surface area contributed by atoms with E-state index >= 15 is 0 Å². The molecule has 1 aliphatic rings. The zero-order chi connectivity index (χ0) is 24.9. The average molecular weight is 476 g/mol. The molecule has 0 unspecified atom stereocenters. The molecular weight excluding hydrogens is 440 g/mol. The van der Waals surface area contributed by atoms with Gasteiger partial charge in [0, 0.05) is 42.4 Å². The van der Waals surface area contributed by atoms with Crippen LogP contribution in [0, 0.1) is 11.8 Å². The number of piperidine rings is 1. The maximum atomic E-state index is 11.9. The minimum absolute atomic E-state index is 0.0159. The zero-order valence-corrected chi connectivity index (χ0v) is 20.8. The minimum Gasteiger partial charge on any atom is -0.387 e. The molecule has 182 valence electrons. The number of hydrogen-bond acceptors (Lipinski definition) is 2. The van der Waals surface area contributed by atoms with Crippen molar-refractivity contribution in [2.24, 2.45) is 11.8 Å². The Morgan fingerprint density at radius 3 is 2.17 bits per heavy atom. The third-order valence-corrected chi connectivity index (χ3v) is 7.65. The van der Waals surface area contributed by atoms with Crippen LogP contribution >= 0.6 is 0 Å². The van der Waals surface area contributed by atoms with Gasteiger partial charge in [0.05, 0.1) is 11.5 Å². The molecule has 2 heterocycles. The Morgan fingerprint density at radius 2 is 1.47 bits per heavy atom. The standard InChI is InChI=1S/C33H35N2O/c1-3-27-21-32(35(24-28(27)4-2)23-26-15-9-6-10-16-26)33(36)30-19-20-34(22-25-13-7-5-8-14-25)31-18-12-11-17-29(30)31/h3-20,27-28,32-33,36H,1-2,21-24H2/q+1/t27-,28-,32+,33-/m0/s1. The molecular formula is C33H35N2O+. The topological polar surface area (TPSA) is 27.4 Å². The third-order valence-electron chi connectivity index (χ3n) is 7.65. The molecule has 3 aromatic carbocycles. The van der Waals surface area contributed by atoms with Gasteiger partial charge in [-0.1, -0.05) is 84.9 Å². The van der Waals surface area contributed by atoms with E-state index in [1.54, 1.807) is 0 Å². The number of aliphatic hydroxyl groups is 1. The van der Waals surface area contributed by atoms with Crippen LogP contribution in [0.1, 0.15) is 29.2 Å². The first-order valence-corrected chi connectivity index (χ1v) is 12.8. The van der Waals surface area contributed by atoms with Crippen LogP contribution in [0.4, 0.5) is 0 Å². The van der Waals surface area contributed by atoms with E-state index in [0.29, 0.717) is 11.8 Å². The van der Waals surface area contributed by atoms with Crippen molar-refractivity contribution in [2.45, 2.75) is 31.7 Å². The summed E-state index contributed by atoms with van der Waals surface area (Å²) >= 11 is 0. The molecule has 3 nitrogen and oxygen atoms in total. The SMILES string of the molecule is C=C[C@H]1C[C@H]([C@@H](O)c2cc[n+](Cc3ccccc3)c3ccccc23)N(Cc2ccccc2)C[C@@H]1C=C. The summed E-state index contributed by atoms with van der Waals surface area (Å²) in [6.07, 6.45) is 6.45. The fourth-order valence-corrected chi connectivity index (χ4v) is 5.68. The Balaban J connectivity index is 1.50. The van der Waals surface area contributed by atoms with Gasteiger partial charge in [0.1, 0.15) is 0 Å². The van der Waals surface area contributed by atoms with Crippen molar-refractivity contribution in [3.8, 4) is 0 Å². The lowest BCUT2D eigenvalue weighted by atomic mass is 9.78. The first kappa shape index (κ1) is 24.2. The third kappa shape index (κ3) is 5.04. The van der Waals surface area contributed by atoms with Gasteiger partial charge >= 0.3 is 0 Å². The van der Waals surface area contributed by atoms with Crippen LogP contribution in [-0.4, -0.2) is 22.6 Å². The summed E-state index contributed by atoms with van der Waals surface area (Å²) in [5, 5.41) is 13.0. The average Bonchev–Trinajstić information content (AvgIpc) is 2.94. The van der Waals surface area contributed by atoms with Gasteiger partial charge in [-0.3, -0.25) is 4.90 Å². The Morgan fingerprint density at radius 1 is 0.833 bits per heavy atom. The van der Waals surface area contributed by atoms with E-state index in [-0.39, 0.29) is 6.04 Å². The van der Waals surface area contributed by atoms with Crippen molar-refractivity contribution in [3.63, 3.8) is 0 Å². The van der Waals surface area contributed by atoms with E-state index in [9.17, 15) is 5.11 Å². The summed E-state index contributed by atoms with van der Waals surface area (Å²) < 4.78 is 2.27. The van der Waals surface area contributed by atoms with Gasteiger partial charge in [0.15, 0.2) is 12.7 Å². The summed E-state index contributed by atoms with van der Waals surface area (Å²) in [7, 11) is 0. The van der Waals surface area contributed by atoms with Crippen molar-refractivity contribution in [3.05, 3.63) is 139 Å². The fraction of sp³-hybridized carbons (Fsp3) is 0.242. The molecule has 1 saturated heterocycles. The quantitative estimate of drug-likeness (QED) is 0.247. The number of allylic oxidation sites excluding steroid dienone is 1. The Bertz CT molecular complexity index is 1320. The van der Waals surface area contributed by atoms with Crippen LogP contribution < -0.4 is 4.57 Å². The lowest BCUT2D eigenvalue weighted by Crippen LogP contribution is -2.49. The summed E-state index contributed by atoms with van der Waals surface area (Å²) in [6.45, 7) is 10.7. The number of pyridine rings is 1. The molecule has 36 heavy (non-hydrogen) atoms. The van der Waals surface area contributed by atoms with Gasteiger partial charge in [0.2, 0.25) is 5.52 Å². The van der Waals surface area contributed by atoms with E-state index < -0.39 is 6.10 Å². The number of para-hydroxylation sites is 1. The van der Waals surface area contributed by atoms with Gasteiger partial charge in [0.25, 0.3) is 0 Å². The monoisotopic (exact) mass is 475 g/mol. The second-order valence-corrected chi connectivity index (χ2v) is 9.86. The largest absolute Gasteiger partial charge is 0.387 e. The van der Waals surface area contributed by atoms with Gasteiger partial charge < -0.3 is 5.11 Å². The number of hydrogen-bond donors (Lipinski definition) is 1. The van der Waals surface area contributed by atoms with E-state index in [0.717, 1.165) is 42.5 Å². The van der Waals surface area contributed by atoms with E-state index in [1.165, 1.54) is 11.1 Å². The number of fused-ring (bicyclic) bond motifs is 1. The molecule has 4 aromatic rings. The number of aliphatic hydroxyl groups excluding tert-OH is 1. The van der Waals surface area contributed by atoms with E-state index in [1.807, 2.05) is 18.2 Å². The molecule has 3 heteroatoms. The van der Waals surface area contributed by atoms with Gasteiger partial charge in [-0.15, -0.1) is 13.2 Å². The predicted molar refractivity (Wildman–Crippen MR) is 147 cm³/mol. The molecule has 0 aliphatic carbocycles. The Hall–Kier alpha value is -3.53. The summed E-state index contributed by atoms with van der Waals surface area (Å²) in [4.78, 5) is 2.44. The molecule has 1 aromatic heterocycles. The second kappa shape index (κ2) is 11.0. The Kier molecular flexibility index (Phi) is 7.41. The smallest absolute Gasteiger partial charge is 0.213 e. The molecule has 5 rings (SSSR count).